The van der Waals surface area contributed by atoms with Crippen LogP contribution < -0.4 is 14.2 Å². The van der Waals surface area contributed by atoms with Crippen LogP contribution in [-0.2, 0) is 0 Å². The van der Waals surface area contributed by atoms with E-state index in [2.05, 4.69) is 4.98 Å². The Bertz CT molecular complexity index is 911. The number of methoxy groups -OCH3 is 3. The molecule has 0 fully saturated rings. The maximum atomic E-state index is 11.7. The Morgan fingerprint density at radius 1 is 1.00 bits per heavy atom. The minimum atomic E-state index is 0.453. The van der Waals surface area contributed by atoms with Crippen molar-refractivity contribution in [3.05, 3.63) is 41.5 Å². The van der Waals surface area contributed by atoms with Gasteiger partial charge in [0.15, 0.2) is 17.8 Å². The van der Waals surface area contributed by atoms with Gasteiger partial charge in [-0.05, 0) is 24.6 Å². The molecule has 5 nitrogen and oxygen atoms in total. The molecule has 0 saturated heterocycles. The van der Waals surface area contributed by atoms with Crippen LogP contribution >= 0.6 is 0 Å². The number of benzene rings is 2. The molecular weight excluding hydrogens is 306 g/mol. The number of hydrogen-bond acceptors (Lipinski definition) is 4. The van der Waals surface area contributed by atoms with Crippen LogP contribution in [0.2, 0.25) is 0 Å². The van der Waals surface area contributed by atoms with Crippen molar-refractivity contribution in [2.45, 2.75) is 6.92 Å². The molecule has 1 N–H and O–H groups in total. The van der Waals surface area contributed by atoms with Gasteiger partial charge in [0.2, 0.25) is 5.75 Å². The van der Waals surface area contributed by atoms with Crippen molar-refractivity contribution < 1.29 is 19.0 Å². The molecule has 0 aliphatic carbocycles. The fraction of sp³-hybridized carbons (Fsp3) is 0.211. The summed E-state index contributed by atoms with van der Waals surface area (Å²) in [5, 5.41) is 1.10. The maximum Gasteiger partial charge on any atom is 0.204 e. The lowest BCUT2D eigenvalue weighted by Crippen LogP contribution is -2.01. The summed E-state index contributed by atoms with van der Waals surface area (Å²) in [5.41, 5.74) is 4.01. The number of nitrogens with one attached hydrogen (secondary N) is 1. The normalized spacial score (nSPS) is 10.7. The van der Waals surface area contributed by atoms with E-state index in [4.69, 9.17) is 14.2 Å². The summed E-state index contributed by atoms with van der Waals surface area (Å²) in [6.45, 7) is 2.01. The molecule has 3 rings (SSSR count). The standard InChI is InChI=1S/C19H19NO4/c1-11-13-7-5-6-8-14(13)20-17(11)16-12(10-21)9-15(22-2)18(23-3)19(16)24-4/h5-10,20H,1-4H3. The molecule has 0 atom stereocenters. The van der Waals surface area contributed by atoms with Crippen molar-refractivity contribution in [2.24, 2.45) is 0 Å². The molecule has 0 bridgehead atoms. The largest absolute Gasteiger partial charge is 0.493 e. The second-order valence-electron chi connectivity index (χ2n) is 5.40. The molecule has 0 unspecified atom stereocenters. The molecule has 0 radical (unpaired) electrons. The van der Waals surface area contributed by atoms with Gasteiger partial charge in [-0.25, -0.2) is 0 Å². The Labute approximate surface area is 140 Å². The van der Waals surface area contributed by atoms with Crippen LogP contribution in [0.1, 0.15) is 15.9 Å². The van der Waals surface area contributed by atoms with Gasteiger partial charge in [-0.3, -0.25) is 4.79 Å². The molecule has 0 aliphatic rings. The highest BCUT2D eigenvalue weighted by Crippen LogP contribution is 2.47. The minimum Gasteiger partial charge on any atom is -0.493 e. The van der Waals surface area contributed by atoms with Crippen molar-refractivity contribution >= 4 is 17.2 Å². The van der Waals surface area contributed by atoms with Gasteiger partial charge in [-0.15, -0.1) is 0 Å². The summed E-state index contributed by atoms with van der Waals surface area (Å²) < 4.78 is 16.4. The highest BCUT2D eigenvalue weighted by Gasteiger charge is 2.24. The van der Waals surface area contributed by atoms with Crippen LogP contribution in [-0.4, -0.2) is 32.6 Å². The predicted molar refractivity (Wildman–Crippen MR) is 93.5 cm³/mol. The van der Waals surface area contributed by atoms with E-state index in [1.54, 1.807) is 20.3 Å². The summed E-state index contributed by atoms with van der Waals surface area (Å²) in [6.07, 6.45) is 0.796. The van der Waals surface area contributed by atoms with Crippen LogP contribution in [0.25, 0.3) is 22.2 Å². The van der Waals surface area contributed by atoms with Gasteiger partial charge in [-0.1, -0.05) is 18.2 Å². The predicted octanol–water partition coefficient (Wildman–Crippen LogP) is 3.98. The average molecular weight is 325 g/mol. The molecule has 1 aromatic heterocycles. The first-order valence-electron chi connectivity index (χ1n) is 7.52. The Balaban J connectivity index is 2.40. The number of para-hydroxylation sites is 1. The SMILES string of the molecule is COc1cc(C=O)c(-c2[nH]c3ccccc3c2C)c(OC)c1OC. The lowest BCUT2D eigenvalue weighted by Gasteiger charge is -2.17. The number of carbonyl (C=O) groups excluding carboxylic acids is 1. The van der Waals surface area contributed by atoms with Gasteiger partial charge in [0, 0.05) is 16.5 Å². The first-order chi connectivity index (χ1) is 11.7. The number of aldehydes is 1. The van der Waals surface area contributed by atoms with Crippen LogP contribution in [0, 0.1) is 6.92 Å². The molecule has 24 heavy (non-hydrogen) atoms. The molecule has 1 heterocycles. The fourth-order valence-corrected chi connectivity index (χ4v) is 3.06. The third kappa shape index (κ3) is 2.29. The summed E-state index contributed by atoms with van der Waals surface area (Å²) in [6, 6.07) is 9.65. The van der Waals surface area contributed by atoms with Crippen LogP contribution in [0.4, 0.5) is 0 Å². The first kappa shape index (κ1) is 15.9. The van der Waals surface area contributed by atoms with Gasteiger partial charge in [0.05, 0.1) is 32.6 Å². The van der Waals surface area contributed by atoms with Crippen molar-refractivity contribution in [2.75, 3.05) is 21.3 Å². The topological polar surface area (TPSA) is 60.6 Å². The van der Waals surface area contributed by atoms with Gasteiger partial charge in [0.1, 0.15) is 0 Å². The van der Waals surface area contributed by atoms with E-state index in [1.165, 1.54) is 7.11 Å². The number of ether oxygens (including phenoxy) is 3. The maximum absolute atomic E-state index is 11.7. The Kier molecular flexibility index (Phi) is 4.16. The van der Waals surface area contributed by atoms with Gasteiger partial charge in [0.25, 0.3) is 0 Å². The third-order valence-corrected chi connectivity index (χ3v) is 4.20. The minimum absolute atomic E-state index is 0.453. The summed E-state index contributed by atoms with van der Waals surface area (Å²) in [4.78, 5) is 15.1. The Morgan fingerprint density at radius 2 is 1.71 bits per heavy atom. The number of fused-ring (bicyclic) bond motifs is 1. The summed E-state index contributed by atoms with van der Waals surface area (Å²) in [5.74, 6) is 1.38. The molecule has 0 amide bonds. The van der Waals surface area contributed by atoms with Gasteiger partial charge >= 0.3 is 0 Å². The quantitative estimate of drug-likeness (QED) is 0.721. The van der Waals surface area contributed by atoms with Crippen molar-refractivity contribution in [3.63, 3.8) is 0 Å². The second-order valence-corrected chi connectivity index (χ2v) is 5.40. The molecule has 0 saturated carbocycles. The lowest BCUT2D eigenvalue weighted by atomic mass is 9.99. The number of aromatic nitrogens is 1. The van der Waals surface area contributed by atoms with Crippen molar-refractivity contribution in [1.29, 1.82) is 0 Å². The number of hydrogen-bond donors (Lipinski definition) is 1. The number of rotatable bonds is 5. The van der Waals surface area contributed by atoms with Crippen LogP contribution in [0.5, 0.6) is 17.2 Å². The van der Waals surface area contributed by atoms with E-state index in [9.17, 15) is 4.79 Å². The van der Waals surface area contributed by atoms with E-state index in [-0.39, 0.29) is 0 Å². The number of aromatic amines is 1. The molecule has 0 spiro atoms. The monoisotopic (exact) mass is 325 g/mol. The van der Waals surface area contributed by atoms with Crippen LogP contribution in [0.15, 0.2) is 30.3 Å². The van der Waals surface area contributed by atoms with E-state index >= 15 is 0 Å². The third-order valence-electron chi connectivity index (χ3n) is 4.20. The fourth-order valence-electron chi connectivity index (χ4n) is 3.06. The number of H-pyrrole nitrogens is 1. The first-order valence-corrected chi connectivity index (χ1v) is 7.52. The average Bonchev–Trinajstić information content (AvgIpc) is 2.96. The zero-order chi connectivity index (χ0) is 17.3. The number of carbonyl (C=O) groups is 1. The van der Waals surface area contributed by atoms with E-state index in [1.807, 2.05) is 31.2 Å². The lowest BCUT2D eigenvalue weighted by molar-refractivity contribution is 0.112. The highest BCUT2D eigenvalue weighted by atomic mass is 16.5. The van der Waals surface area contributed by atoms with E-state index in [0.717, 1.165) is 28.4 Å². The van der Waals surface area contributed by atoms with Crippen LogP contribution in [0.3, 0.4) is 0 Å². The zero-order valence-electron chi connectivity index (χ0n) is 14.1. The molecule has 3 aromatic rings. The molecule has 124 valence electrons. The Morgan fingerprint density at radius 3 is 2.29 bits per heavy atom. The van der Waals surface area contributed by atoms with Gasteiger partial charge < -0.3 is 19.2 Å². The molecule has 5 heteroatoms. The van der Waals surface area contributed by atoms with E-state index in [0.29, 0.717) is 28.4 Å². The highest BCUT2D eigenvalue weighted by molar-refractivity contribution is 5.98. The smallest absolute Gasteiger partial charge is 0.204 e. The molecule has 2 aromatic carbocycles. The molecular formula is C19H19NO4. The zero-order valence-corrected chi connectivity index (χ0v) is 14.1. The Hall–Kier alpha value is -2.95. The van der Waals surface area contributed by atoms with E-state index < -0.39 is 0 Å². The summed E-state index contributed by atoms with van der Waals surface area (Å²) in [7, 11) is 4.62. The van der Waals surface area contributed by atoms with Gasteiger partial charge in [-0.2, -0.15) is 0 Å². The van der Waals surface area contributed by atoms with Crippen molar-refractivity contribution in [1.82, 2.24) is 4.98 Å². The summed E-state index contributed by atoms with van der Waals surface area (Å²) >= 11 is 0. The second kappa shape index (κ2) is 6.28. The number of aryl methyl sites for hydroxylation is 1. The molecule has 0 aliphatic heterocycles. The van der Waals surface area contributed by atoms with Crippen molar-refractivity contribution in [3.8, 4) is 28.5 Å².